The molecule has 0 aliphatic heterocycles. The van der Waals surface area contributed by atoms with Crippen molar-refractivity contribution in [2.75, 3.05) is 5.73 Å². The summed E-state index contributed by atoms with van der Waals surface area (Å²) in [6, 6.07) is 2.02. The minimum absolute atomic E-state index is 0.203. The third kappa shape index (κ3) is 0.787. The van der Waals surface area contributed by atoms with Crippen molar-refractivity contribution in [3.8, 4) is 6.07 Å². The number of hydrogen-bond acceptors (Lipinski definition) is 4. The van der Waals surface area contributed by atoms with Gasteiger partial charge in [0.1, 0.15) is 11.7 Å². The lowest BCUT2D eigenvalue weighted by atomic mass is 10.3. The molecule has 12 heavy (non-hydrogen) atoms. The minimum atomic E-state index is 0.203. The van der Waals surface area contributed by atoms with Gasteiger partial charge in [-0.2, -0.15) is 10.2 Å². The number of nitriles is 1. The third-order valence-corrected chi connectivity index (χ3v) is 1.57. The van der Waals surface area contributed by atoms with Gasteiger partial charge >= 0.3 is 0 Å². The Morgan fingerprint density at radius 3 is 3.17 bits per heavy atom. The summed E-state index contributed by atoms with van der Waals surface area (Å²) in [7, 11) is 0. The van der Waals surface area contributed by atoms with E-state index >= 15 is 0 Å². The molecule has 2 rings (SSSR count). The standard InChI is InChI=1S/C7H5N5/c8-1-4-2-10-6-5(4)3-11-7(9)12-6/h2-3H,(H3,9,10,11,12). The van der Waals surface area contributed by atoms with Crippen LogP contribution in [-0.4, -0.2) is 15.0 Å². The van der Waals surface area contributed by atoms with Gasteiger partial charge in [0.25, 0.3) is 0 Å². The van der Waals surface area contributed by atoms with E-state index in [4.69, 9.17) is 11.0 Å². The number of aromatic amines is 1. The number of aromatic nitrogens is 3. The second-order valence-corrected chi connectivity index (χ2v) is 2.30. The zero-order valence-electron chi connectivity index (χ0n) is 6.07. The van der Waals surface area contributed by atoms with Crippen LogP contribution in [0.5, 0.6) is 0 Å². The van der Waals surface area contributed by atoms with Crippen LogP contribution >= 0.6 is 0 Å². The predicted molar refractivity (Wildman–Crippen MR) is 43.0 cm³/mol. The van der Waals surface area contributed by atoms with Crippen LogP contribution in [0.15, 0.2) is 12.4 Å². The van der Waals surface area contributed by atoms with Gasteiger partial charge in [0, 0.05) is 12.4 Å². The Bertz CT molecular complexity index is 464. The summed E-state index contributed by atoms with van der Waals surface area (Å²) in [5, 5.41) is 9.34. The van der Waals surface area contributed by atoms with Gasteiger partial charge in [0.15, 0.2) is 0 Å². The van der Waals surface area contributed by atoms with Crippen LogP contribution in [-0.2, 0) is 0 Å². The number of rotatable bonds is 0. The van der Waals surface area contributed by atoms with Gasteiger partial charge < -0.3 is 10.7 Å². The van der Waals surface area contributed by atoms with Crippen LogP contribution in [0.3, 0.4) is 0 Å². The van der Waals surface area contributed by atoms with Crippen LogP contribution in [0.2, 0.25) is 0 Å². The molecule has 2 heterocycles. The Morgan fingerprint density at radius 1 is 1.58 bits per heavy atom. The molecular weight excluding hydrogens is 154 g/mol. The topological polar surface area (TPSA) is 91.4 Å². The van der Waals surface area contributed by atoms with Gasteiger partial charge in [-0.1, -0.05) is 0 Å². The quantitative estimate of drug-likeness (QED) is 0.582. The molecule has 5 heteroatoms. The molecule has 0 bridgehead atoms. The summed E-state index contributed by atoms with van der Waals surface area (Å²) in [5.74, 6) is 0.203. The molecule has 0 aliphatic rings. The fourth-order valence-corrected chi connectivity index (χ4v) is 1.01. The molecule has 0 amide bonds. The summed E-state index contributed by atoms with van der Waals surface area (Å²) in [4.78, 5) is 10.5. The van der Waals surface area contributed by atoms with E-state index in [9.17, 15) is 0 Å². The maximum Gasteiger partial charge on any atom is 0.221 e. The first-order chi connectivity index (χ1) is 5.81. The molecule has 0 saturated carbocycles. The number of nitrogens with two attached hydrogens (primary N) is 1. The van der Waals surface area contributed by atoms with Crippen LogP contribution in [0.1, 0.15) is 5.56 Å². The van der Waals surface area contributed by atoms with E-state index in [0.717, 1.165) is 0 Å². The fraction of sp³-hybridized carbons (Fsp3) is 0. The van der Waals surface area contributed by atoms with E-state index in [1.165, 1.54) is 6.20 Å². The highest BCUT2D eigenvalue weighted by atomic mass is 15.0. The molecule has 0 unspecified atom stereocenters. The summed E-state index contributed by atoms with van der Waals surface area (Å²) in [6.45, 7) is 0. The highest BCUT2D eigenvalue weighted by Gasteiger charge is 2.03. The van der Waals surface area contributed by atoms with Crippen molar-refractivity contribution >= 4 is 17.0 Å². The van der Waals surface area contributed by atoms with E-state index in [0.29, 0.717) is 16.6 Å². The second-order valence-electron chi connectivity index (χ2n) is 2.30. The normalized spacial score (nSPS) is 9.92. The Kier molecular flexibility index (Phi) is 1.21. The van der Waals surface area contributed by atoms with Gasteiger partial charge in [-0.05, 0) is 0 Å². The lowest BCUT2D eigenvalue weighted by molar-refractivity contribution is 1.22. The van der Waals surface area contributed by atoms with Crippen LogP contribution in [0.4, 0.5) is 5.95 Å². The molecule has 0 aliphatic carbocycles. The maximum absolute atomic E-state index is 8.64. The highest BCUT2D eigenvalue weighted by Crippen LogP contribution is 2.14. The Hall–Kier alpha value is -2.09. The largest absolute Gasteiger partial charge is 0.368 e. The van der Waals surface area contributed by atoms with E-state index in [1.807, 2.05) is 6.07 Å². The van der Waals surface area contributed by atoms with Crippen molar-refractivity contribution in [1.29, 1.82) is 5.26 Å². The van der Waals surface area contributed by atoms with Crippen LogP contribution in [0.25, 0.3) is 11.0 Å². The van der Waals surface area contributed by atoms with Crippen molar-refractivity contribution in [3.63, 3.8) is 0 Å². The third-order valence-electron chi connectivity index (χ3n) is 1.57. The van der Waals surface area contributed by atoms with E-state index in [-0.39, 0.29) is 5.95 Å². The molecule has 58 valence electrons. The zero-order valence-corrected chi connectivity index (χ0v) is 6.07. The molecule has 0 aromatic carbocycles. The molecule has 0 radical (unpaired) electrons. The van der Waals surface area contributed by atoms with Crippen molar-refractivity contribution in [2.24, 2.45) is 0 Å². The van der Waals surface area contributed by atoms with Gasteiger partial charge in [-0.3, -0.25) is 0 Å². The lowest BCUT2D eigenvalue weighted by Crippen LogP contribution is -1.93. The van der Waals surface area contributed by atoms with E-state index in [2.05, 4.69) is 15.0 Å². The first-order valence-electron chi connectivity index (χ1n) is 3.31. The van der Waals surface area contributed by atoms with Crippen molar-refractivity contribution in [1.82, 2.24) is 15.0 Å². The van der Waals surface area contributed by atoms with Crippen molar-refractivity contribution in [2.45, 2.75) is 0 Å². The molecule has 0 spiro atoms. The smallest absolute Gasteiger partial charge is 0.221 e. The van der Waals surface area contributed by atoms with Gasteiger partial charge in [0.05, 0.1) is 10.9 Å². The number of hydrogen-bond donors (Lipinski definition) is 2. The molecule has 0 atom stereocenters. The first kappa shape index (κ1) is 6.61. The Balaban J connectivity index is 2.84. The number of fused-ring (bicyclic) bond motifs is 1. The van der Waals surface area contributed by atoms with Gasteiger partial charge in [-0.15, -0.1) is 0 Å². The molecule has 2 aromatic heterocycles. The predicted octanol–water partition coefficient (Wildman–Crippen LogP) is 0.412. The molecular formula is C7H5N5. The van der Waals surface area contributed by atoms with E-state index < -0.39 is 0 Å². The monoisotopic (exact) mass is 159 g/mol. The molecule has 3 N–H and O–H groups in total. The fourth-order valence-electron chi connectivity index (χ4n) is 1.01. The number of anilines is 1. The molecule has 0 fully saturated rings. The summed E-state index contributed by atoms with van der Waals surface area (Å²) >= 11 is 0. The molecule has 2 aromatic rings. The highest BCUT2D eigenvalue weighted by molar-refractivity contribution is 5.82. The van der Waals surface area contributed by atoms with Crippen LogP contribution < -0.4 is 5.73 Å². The molecule has 0 saturated heterocycles. The van der Waals surface area contributed by atoms with Crippen molar-refractivity contribution in [3.05, 3.63) is 18.0 Å². The SMILES string of the molecule is N#Cc1c[nH]c2nc(N)ncc12. The minimum Gasteiger partial charge on any atom is -0.368 e. The lowest BCUT2D eigenvalue weighted by Gasteiger charge is -1.90. The van der Waals surface area contributed by atoms with Gasteiger partial charge in [0.2, 0.25) is 5.95 Å². The van der Waals surface area contributed by atoms with Crippen molar-refractivity contribution < 1.29 is 0 Å². The zero-order chi connectivity index (χ0) is 8.55. The average molecular weight is 159 g/mol. The van der Waals surface area contributed by atoms with Crippen LogP contribution in [0, 0.1) is 11.3 Å². The maximum atomic E-state index is 8.64. The Labute approximate surface area is 67.9 Å². The number of nitrogens with zero attached hydrogens (tertiary/aromatic N) is 3. The summed E-state index contributed by atoms with van der Waals surface area (Å²) in [6.07, 6.45) is 3.12. The number of nitrogens with one attached hydrogen (secondary N) is 1. The summed E-state index contributed by atoms with van der Waals surface area (Å²) in [5.41, 5.74) is 6.48. The number of nitrogen functional groups attached to an aromatic ring is 1. The summed E-state index contributed by atoms with van der Waals surface area (Å²) < 4.78 is 0. The second kappa shape index (κ2) is 2.20. The Morgan fingerprint density at radius 2 is 2.42 bits per heavy atom. The average Bonchev–Trinajstić information content (AvgIpc) is 2.46. The number of H-pyrrole nitrogens is 1. The van der Waals surface area contributed by atoms with E-state index in [1.54, 1.807) is 6.20 Å². The molecule has 5 nitrogen and oxygen atoms in total. The van der Waals surface area contributed by atoms with Gasteiger partial charge in [-0.25, -0.2) is 4.98 Å². The first-order valence-corrected chi connectivity index (χ1v) is 3.31.